The van der Waals surface area contributed by atoms with Gasteiger partial charge in [-0.2, -0.15) is 0 Å². The second kappa shape index (κ2) is 7.74. The summed E-state index contributed by atoms with van der Waals surface area (Å²) in [5.41, 5.74) is 6.86. The molecule has 170 valence electrons. The molecule has 0 saturated heterocycles. The summed E-state index contributed by atoms with van der Waals surface area (Å²) in [7, 11) is 0. The summed E-state index contributed by atoms with van der Waals surface area (Å²) in [5.74, 6) is 1.35. The van der Waals surface area contributed by atoms with Gasteiger partial charge < -0.3 is 4.42 Å². The quantitative estimate of drug-likeness (QED) is 0.297. The van der Waals surface area contributed by atoms with E-state index in [0.717, 1.165) is 28.1 Å². The van der Waals surface area contributed by atoms with Gasteiger partial charge in [0.05, 0.1) is 5.69 Å². The summed E-state index contributed by atoms with van der Waals surface area (Å²) in [6.07, 6.45) is 9.00. The van der Waals surface area contributed by atoms with Gasteiger partial charge in [0, 0.05) is 32.6 Å². The van der Waals surface area contributed by atoms with Gasteiger partial charge in [0.1, 0.15) is 5.76 Å². The minimum atomic E-state index is 0.0264. The molecule has 2 unspecified atom stereocenters. The van der Waals surface area contributed by atoms with Gasteiger partial charge >= 0.3 is 0 Å². The number of nitrogens with zero attached hydrogens (tertiary/aromatic N) is 1. The molecule has 6 rings (SSSR count). The first-order valence-corrected chi connectivity index (χ1v) is 12.9. The van der Waals surface area contributed by atoms with Crippen molar-refractivity contribution in [2.24, 2.45) is 5.92 Å². The van der Waals surface area contributed by atoms with Crippen LogP contribution in [0.5, 0.6) is 0 Å². The van der Waals surface area contributed by atoms with Crippen LogP contribution in [0.15, 0.2) is 82.8 Å². The predicted octanol–water partition coefficient (Wildman–Crippen LogP) is 8.84. The van der Waals surface area contributed by atoms with Crippen LogP contribution in [0.25, 0.3) is 38.0 Å². The number of hydrogen-bond acceptors (Lipinski definition) is 3. The Kier molecular flexibility index (Phi) is 4.90. The fourth-order valence-electron chi connectivity index (χ4n) is 5.30. The molecule has 2 aliphatic rings. The molecule has 0 radical (unpaired) electrons. The maximum atomic E-state index is 6.10. The maximum Gasteiger partial charge on any atom is 0.227 e. The third-order valence-electron chi connectivity index (χ3n) is 7.04. The fraction of sp³-hybridized carbons (Fsp3) is 0.258. The zero-order chi connectivity index (χ0) is 23.6. The second-order valence-electron chi connectivity index (χ2n) is 10.5. The van der Waals surface area contributed by atoms with Crippen LogP contribution in [0.3, 0.4) is 0 Å². The number of pyridine rings is 1. The minimum Gasteiger partial charge on any atom is -0.443 e. The Morgan fingerprint density at radius 2 is 1.71 bits per heavy atom. The Bertz CT molecular complexity index is 1540. The van der Waals surface area contributed by atoms with E-state index in [2.05, 4.69) is 101 Å². The molecule has 34 heavy (non-hydrogen) atoms. The van der Waals surface area contributed by atoms with E-state index in [0.29, 0.717) is 11.2 Å². The normalized spacial score (nSPS) is 20.0. The summed E-state index contributed by atoms with van der Waals surface area (Å²) < 4.78 is 6.10. The number of furan rings is 1. The van der Waals surface area contributed by atoms with E-state index in [1.165, 1.54) is 32.4 Å². The van der Waals surface area contributed by atoms with E-state index in [1.807, 2.05) is 18.7 Å². The summed E-state index contributed by atoms with van der Waals surface area (Å²) in [6, 6.07) is 17.7. The number of aromatic nitrogens is 1. The van der Waals surface area contributed by atoms with Crippen molar-refractivity contribution in [2.75, 3.05) is 0 Å². The van der Waals surface area contributed by atoms with E-state index in [4.69, 9.17) is 9.40 Å². The molecule has 2 nitrogen and oxygen atoms in total. The highest BCUT2D eigenvalue weighted by atomic mass is 32.2. The van der Waals surface area contributed by atoms with Crippen LogP contribution >= 0.6 is 11.8 Å². The molecule has 2 aromatic carbocycles. The van der Waals surface area contributed by atoms with Crippen molar-refractivity contribution in [1.82, 2.24) is 4.98 Å². The topological polar surface area (TPSA) is 26.0 Å². The highest BCUT2D eigenvalue weighted by Crippen LogP contribution is 2.51. The standard InChI is InChI=1S/C31H29NOS/c1-18-14-25-24(29-19(2)22-11-8-9-13-28(22)34-29)17-27(32-30(25)33-18)21-15-20-10-6-7-12-23(20)26(16-21)31(3,4)5/h6-17,22,28H,1-5H3. The van der Waals surface area contributed by atoms with Crippen LogP contribution in [0, 0.1) is 12.8 Å². The van der Waals surface area contributed by atoms with E-state index >= 15 is 0 Å². The smallest absolute Gasteiger partial charge is 0.227 e. The summed E-state index contributed by atoms with van der Waals surface area (Å²) >= 11 is 1.97. The van der Waals surface area contributed by atoms with Crippen molar-refractivity contribution in [2.45, 2.75) is 45.3 Å². The molecule has 3 heteroatoms. The molecule has 0 bridgehead atoms. The average Bonchev–Trinajstić information content (AvgIpc) is 3.36. The number of fused-ring (bicyclic) bond motifs is 3. The van der Waals surface area contributed by atoms with E-state index in [-0.39, 0.29) is 5.41 Å². The molecule has 0 saturated carbocycles. The van der Waals surface area contributed by atoms with Gasteiger partial charge in [0.2, 0.25) is 5.71 Å². The van der Waals surface area contributed by atoms with Crippen molar-refractivity contribution in [1.29, 1.82) is 0 Å². The SMILES string of the molecule is CC1=C(c2cc(-c3cc(C(C)(C)C)c4ccccc4c3)nc3oc(C)cc23)SC2C=CC=CC12. The molecule has 3 heterocycles. The maximum absolute atomic E-state index is 6.10. The first-order chi connectivity index (χ1) is 16.3. The highest BCUT2D eigenvalue weighted by Gasteiger charge is 2.33. The number of aryl methyl sites for hydroxylation is 1. The summed E-state index contributed by atoms with van der Waals surface area (Å²) in [5, 5.41) is 4.12. The molecule has 2 aromatic heterocycles. The highest BCUT2D eigenvalue weighted by molar-refractivity contribution is 8.09. The third-order valence-corrected chi connectivity index (χ3v) is 8.54. The minimum absolute atomic E-state index is 0.0264. The van der Waals surface area contributed by atoms with Crippen LogP contribution in [-0.2, 0) is 5.41 Å². The molecular weight excluding hydrogens is 434 g/mol. The fourth-order valence-corrected chi connectivity index (χ4v) is 6.80. The van der Waals surface area contributed by atoms with Crippen LogP contribution in [0.4, 0.5) is 0 Å². The van der Waals surface area contributed by atoms with Crippen molar-refractivity contribution < 1.29 is 4.42 Å². The molecular formula is C31H29NOS. The number of hydrogen-bond donors (Lipinski definition) is 0. The first kappa shape index (κ1) is 21.5. The van der Waals surface area contributed by atoms with Crippen LogP contribution in [-0.4, -0.2) is 10.2 Å². The Morgan fingerprint density at radius 1 is 0.912 bits per heavy atom. The molecule has 2 atom stereocenters. The van der Waals surface area contributed by atoms with Gasteiger partial charge in [-0.1, -0.05) is 74.9 Å². The van der Waals surface area contributed by atoms with E-state index in [9.17, 15) is 0 Å². The second-order valence-corrected chi connectivity index (χ2v) is 11.7. The monoisotopic (exact) mass is 463 g/mol. The van der Waals surface area contributed by atoms with Gasteiger partial charge in [0.25, 0.3) is 0 Å². The lowest BCUT2D eigenvalue weighted by atomic mass is 9.82. The van der Waals surface area contributed by atoms with E-state index in [1.54, 1.807) is 0 Å². The number of benzene rings is 2. The van der Waals surface area contributed by atoms with E-state index < -0.39 is 0 Å². The van der Waals surface area contributed by atoms with Crippen LogP contribution in [0.1, 0.15) is 44.6 Å². The van der Waals surface area contributed by atoms with Gasteiger partial charge in [-0.15, -0.1) is 11.8 Å². The summed E-state index contributed by atoms with van der Waals surface area (Å²) in [4.78, 5) is 6.38. The zero-order valence-corrected chi connectivity index (χ0v) is 21.2. The molecule has 0 N–H and O–H groups in total. The molecule has 0 fully saturated rings. The third kappa shape index (κ3) is 3.45. The molecule has 0 spiro atoms. The Balaban J connectivity index is 1.59. The number of allylic oxidation sites excluding steroid dienone is 4. The van der Waals surface area contributed by atoms with Gasteiger partial charge in [0.15, 0.2) is 0 Å². The average molecular weight is 464 g/mol. The van der Waals surface area contributed by atoms with Crippen molar-refractivity contribution >= 4 is 38.5 Å². The van der Waals surface area contributed by atoms with Gasteiger partial charge in [-0.3, -0.25) is 0 Å². The lowest BCUT2D eigenvalue weighted by Crippen LogP contribution is -2.12. The number of thioether (sulfide) groups is 1. The first-order valence-electron chi connectivity index (χ1n) is 12.0. The Labute approximate surface area is 205 Å². The Hall–Kier alpha value is -3.04. The van der Waals surface area contributed by atoms with Crippen molar-refractivity contribution in [3.63, 3.8) is 0 Å². The zero-order valence-electron chi connectivity index (χ0n) is 20.3. The summed E-state index contributed by atoms with van der Waals surface area (Å²) in [6.45, 7) is 11.1. The van der Waals surface area contributed by atoms with Gasteiger partial charge in [-0.05, 0) is 59.9 Å². The molecule has 4 aromatic rings. The molecule has 1 aliphatic carbocycles. The van der Waals surface area contributed by atoms with Gasteiger partial charge in [-0.25, -0.2) is 4.98 Å². The molecule has 1 aliphatic heterocycles. The molecule has 0 amide bonds. The van der Waals surface area contributed by atoms with Crippen LogP contribution < -0.4 is 0 Å². The van der Waals surface area contributed by atoms with Crippen LogP contribution in [0.2, 0.25) is 0 Å². The predicted molar refractivity (Wildman–Crippen MR) is 146 cm³/mol. The largest absolute Gasteiger partial charge is 0.443 e. The van der Waals surface area contributed by atoms with Crippen molar-refractivity contribution in [3.8, 4) is 11.3 Å². The lowest BCUT2D eigenvalue weighted by Gasteiger charge is -2.23. The Morgan fingerprint density at radius 3 is 2.50 bits per heavy atom. The number of rotatable bonds is 2. The lowest BCUT2D eigenvalue weighted by molar-refractivity contribution is 0.568. The van der Waals surface area contributed by atoms with Crippen molar-refractivity contribution in [3.05, 3.63) is 95.3 Å².